The molecule has 252 valence electrons. The third-order valence-corrected chi connectivity index (χ3v) is 8.23. The van der Waals surface area contributed by atoms with E-state index in [0.717, 1.165) is 6.92 Å². The second-order valence-electron chi connectivity index (χ2n) is 12.3. The molecular formula is C35H78N2O4. The lowest BCUT2D eigenvalue weighted by Gasteiger charge is -2.39. The maximum atomic E-state index is 9.34. The molecule has 2 N–H and O–H groups in total. The van der Waals surface area contributed by atoms with Gasteiger partial charge < -0.3 is 29.4 Å². The zero-order valence-corrected chi connectivity index (χ0v) is 29.7. The minimum atomic E-state index is -1.44. The van der Waals surface area contributed by atoms with Crippen molar-refractivity contribution in [3.05, 3.63) is 0 Å². The third kappa shape index (κ3) is 29.2. The van der Waals surface area contributed by atoms with E-state index in [-0.39, 0.29) is 5.48 Å². The van der Waals surface area contributed by atoms with Gasteiger partial charge in [0.25, 0.3) is 0 Å². The van der Waals surface area contributed by atoms with E-state index in [1.807, 2.05) is 0 Å². The molecule has 0 amide bonds. The molecule has 1 unspecified atom stereocenters. The molecule has 0 aliphatic heterocycles. The van der Waals surface area contributed by atoms with Gasteiger partial charge >= 0.3 is 0 Å². The Morgan fingerprint density at radius 3 is 0.683 bits per heavy atom. The lowest BCUT2D eigenvalue weighted by molar-refractivity contribution is -0.929. The molecule has 0 bridgehead atoms. The van der Waals surface area contributed by atoms with Crippen LogP contribution in [0.4, 0.5) is 0 Å². The molecular weight excluding hydrogens is 512 g/mol. The summed E-state index contributed by atoms with van der Waals surface area (Å²) in [6.07, 6.45) is 20.8. The first-order valence-corrected chi connectivity index (χ1v) is 17.7. The van der Waals surface area contributed by atoms with E-state index in [4.69, 9.17) is 5.11 Å². The second-order valence-corrected chi connectivity index (χ2v) is 12.3. The summed E-state index contributed by atoms with van der Waals surface area (Å²) in [5, 5.41) is 17.3. The van der Waals surface area contributed by atoms with Gasteiger partial charge in [0.15, 0.2) is 0 Å². The summed E-state index contributed by atoms with van der Waals surface area (Å²) in [6.45, 7) is 31.2. The molecule has 0 fully saturated rings. The predicted molar refractivity (Wildman–Crippen MR) is 177 cm³/mol. The number of quaternary nitrogens is 2. The van der Waals surface area contributed by atoms with Crippen LogP contribution in [-0.2, 0) is 4.79 Å². The lowest BCUT2D eigenvalue weighted by atomic mass is 10.1. The number of hydrogen-bond acceptors (Lipinski definition) is 4. The Kier molecular flexibility index (Phi) is 39.0. The van der Waals surface area contributed by atoms with Crippen molar-refractivity contribution >= 4 is 5.97 Å². The first-order chi connectivity index (χ1) is 19.1. The quantitative estimate of drug-likeness (QED) is 0.109. The molecule has 0 aliphatic carbocycles. The normalized spacial score (nSPS) is 12.0. The van der Waals surface area contributed by atoms with Crippen molar-refractivity contribution < 1.29 is 29.4 Å². The summed E-state index contributed by atoms with van der Waals surface area (Å²) < 4.78 is 2.84. The number of aliphatic hydroxyl groups is 1. The maximum absolute atomic E-state index is 9.34. The van der Waals surface area contributed by atoms with Crippen LogP contribution in [0.15, 0.2) is 0 Å². The van der Waals surface area contributed by atoms with E-state index in [1.165, 1.54) is 164 Å². The van der Waals surface area contributed by atoms with Crippen molar-refractivity contribution in [3.63, 3.8) is 0 Å². The van der Waals surface area contributed by atoms with Gasteiger partial charge in [0.05, 0.1) is 64.4 Å². The average Bonchev–Trinajstić information content (AvgIpc) is 2.96. The highest BCUT2D eigenvalue weighted by Gasteiger charge is 2.25. The van der Waals surface area contributed by atoms with Crippen LogP contribution in [0.5, 0.6) is 0 Å². The Morgan fingerprint density at radius 2 is 0.610 bits per heavy atom. The Labute approximate surface area is 258 Å². The first-order valence-electron chi connectivity index (χ1n) is 17.7. The van der Waals surface area contributed by atoms with E-state index in [9.17, 15) is 9.90 Å². The zero-order chi connectivity index (χ0) is 31.1. The molecule has 0 aromatic heterocycles. The van der Waals surface area contributed by atoms with Crippen LogP contribution in [0.2, 0.25) is 0 Å². The van der Waals surface area contributed by atoms with Crippen LogP contribution in [-0.4, -0.2) is 84.0 Å². The third-order valence-electron chi connectivity index (χ3n) is 8.23. The van der Waals surface area contributed by atoms with Crippen molar-refractivity contribution in [2.45, 2.75) is 171 Å². The van der Waals surface area contributed by atoms with Gasteiger partial charge in [-0.1, -0.05) is 107 Å². The molecule has 0 aliphatic rings. The van der Waals surface area contributed by atoms with E-state index in [2.05, 4.69) is 55.4 Å². The monoisotopic (exact) mass is 591 g/mol. The van der Waals surface area contributed by atoms with E-state index >= 15 is 0 Å². The Hall–Kier alpha value is -0.690. The summed E-state index contributed by atoms with van der Waals surface area (Å²) >= 11 is 0. The molecule has 6 nitrogen and oxygen atoms in total. The Morgan fingerprint density at radius 1 is 0.488 bits per heavy atom. The number of aliphatic carboxylic acids is 1. The van der Waals surface area contributed by atoms with Gasteiger partial charge in [-0.3, -0.25) is 0 Å². The van der Waals surface area contributed by atoms with Crippen LogP contribution < -0.4 is 5.11 Å². The number of carboxylic acids is 1. The molecule has 0 rings (SSSR count). The largest absolute Gasteiger partial charge is 0.870 e. The molecule has 0 aromatic carbocycles. The van der Waals surface area contributed by atoms with Gasteiger partial charge in [-0.05, 0) is 58.3 Å². The van der Waals surface area contributed by atoms with E-state index in [1.54, 1.807) is 0 Å². The van der Waals surface area contributed by atoms with Gasteiger partial charge in [-0.15, -0.1) is 0 Å². The van der Waals surface area contributed by atoms with Gasteiger partial charge in [-0.25, -0.2) is 0 Å². The molecule has 0 radical (unpaired) electrons. The summed E-state index contributed by atoms with van der Waals surface area (Å²) in [7, 11) is 0. The van der Waals surface area contributed by atoms with Gasteiger partial charge in [0.1, 0.15) is 0 Å². The number of aliphatic hydroxyl groups excluding tert-OH is 1. The molecule has 0 saturated carbocycles. The fourth-order valence-electron chi connectivity index (χ4n) is 5.29. The number of unbranched alkanes of at least 4 members (excludes halogenated alkanes) is 8. The number of carbonyl (C=O) groups excluding carboxylic acids is 1. The fraction of sp³-hybridized carbons (Fsp3) is 0.971. The first kappa shape index (κ1) is 47.2. The molecule has 0 aromatic rings. The van der Waals surface area contributed by atoms with Crippen LogP contribution >= 0.6 is 0 Å². The molecule has 0 spiro atoms. The number of carbonyl (C=O) groups is 1. The second kappa shape index (κ2) is 33.8. The van der Waals surface area contributed by atoms with E-state index < -0.39 is 12.1 Å². The van der Waals surface area contributed by atoms with Gasteiger partial charge in [0.2, 0.25) is 0 Å². The van der Waals surface area contributed by atoms with Gasteiger partial charge in [0, 0.05) is 0 Å². The van der Waals surface area contributed by atoms with Crippen LogP contribution in [0.1, 0.15) is 165 Å². The van der Waals surface area contributed by atoms with Gasteiger partial charge in [-0.2, -0.15) is 0 Å². The predicted octanol–water partition coefficient (Wildman–Crippen LogP) is 7.95. The SMILES string of the molecule is CC(O)C(=O)[O-].CCCC[N+](CCCC)(CCCC)CCCC.CCCC[N+](CCCC)(CCCC)CCCC.[OH-]. The number of nitrogens with zero attached hydrogens (tertiary/aromatic N) is 2. The molecule has 0 saturated heterocycles. The van der Waals surface area contributed by atoms with Crippen LogP contribution in [0.3, 0.4) is 0 Å². The maximum Gasteiger partial charge on any atom is 0.0905 e. The Bertz CT molecular complexity index is 403. The highest BCUT2D eigenvalue weighted by Crippen LogP contribution is 2.17. The zero-order valence-electron chi connectivity index (χ0n) is 29.7. The van der Waals surface area contributed by atoms with Crippen molar-refractivity contribution in [2.24, 2.45) is 0 Å². The summed E-state index contributed by atoms with van der Waals surface area (Å²) in [6, 6.07) is 0. The lowest BCUT2D eigenvalue weighted by Crippen LogP contribution is -2.50. The minimum Gasteiger partial charge on any atom is -0.870 e. The summed E-state index contributed by atoms with van der Waals surface area (Å²) in [5.41, 5.74) is 0. The highest BCUT2D eigenvalue weighted by molar-refractivity contribution is 5.68. The standard InChI is InChI=1S/2C16H36N.C3H6O3.H2O/c2*1-5-9-13-17(14-10-6-2,15-11-7-3)16-12-8-4;1-2(4)3(5)6;/h2*5-16H2,1-4H3;2,4H,1H3,(H,5,6);1H2/q2*+1;;/p-2. The average molecular weight is 591 g/mol. The summed E-state index contributed by atoms with van der Waals surface area (Å²) in [5.74, 6) is -1.44. The Balaban J connectivity index is -0.000000273. The fourth-order valence-corrected chi connectivity index (χ4v) is 5.29. The topological polar surface area (TPSA) is 90.4 Å². The smallest absolute Gasteiger partial charge is 0.0905 e. The van der Waals surface area contributed by atoms with Crippen LogP contribution in [0, 0.1) is 0 Å². The number of hydrogen-bond donors (Lipinski definition) is 1. The summed E-state index contributed by atoms with van der Waals surface area (Å²) in [4.78, 5) is 9.34. The van der Waals surface area contributed by atoms with Crippen LogP contribution in [0.25, 0.3) is 0 Å². The molecule has 41 heavy (non-hydrogen) atoms. The minimum absolute atomic E-state index is 0. The highest BCUT2D eigenvalue weighted by atomic mass is 16.4. The molecule has 6 heteroatoms. The molecule has 0 heterocycles. The van der Waals surface area contributed by atoms with Crippen molar-refractivity contribution in [1.82, 2.24) is 0 Å². The van der Waals surface area contributed by atoms with E-state index in [0.29, 0.717) is 0 Å². The van der Waals surface area contributed by atoms with Crippen molar-refractivity contribution in [1.29, 1.82) is 0 Å². The number of rotatable bonds is 25. The number of carboxylic acid groups (broad SMARTS) is 1. The van der Waals surface area contributed by atoms with Crippen molar-refractivity contribution in [2.75, 3.05) is 52.4 Å². The molecule has 1 atom stereocenters. The van der Waals surface area contributed by atoms with Crippen molar-refractivity contribution in [3.8, 4) is 0 Å².